The van der Waals surface area contributed by atoms with Crippen LogP contribution in [-0.2, 0) is 13.2 Å². The molecule has 31 heavy (non-hydrogen) atoms. The third-order valence-corrected chi connectivity index (χ3v) is 5.34. The number of aromatic nitrogens is 2. The molecule has 0 N–H and O–H groups in total. The summed E-state index contributed by atoms with van der Waals surface area (Å²) in [7, 11) is 1.67. The van der Waals surface area contributed by atoms with Gasteiger partial charge >= 0.3 is 6.18 Å². The third kappa shape index (κ3) is 4.40. The average molecular weight is 432 g/mol. The van der Waals surface area contributed by atoms with Gasteiger partial charge < -0.3 is 9.80 Å². The van der Waals surface area contributed by atoms with Crippen LogP contribution < -0.4 is 4.90 Å². The molecule has 1 fully saturated rings. The van der Waals surface area contributed by atoms with E-state index in [1.807, 2.05) is 4.90 Å². The molecule has 1 amide bonds. The van der Waals surface area contributed by atoms with Crippen molar-refractivity contribution in [1.29, 1.82) is 0 Å². The predicted octanol–water partition coefficient (Wildman–Crippen LogP) is 4.21. The molecular formula is C22H20F4N4O. The molecule has 2 heterocycles. The number of aryl methyl sites for hydroxylation is 1. The summed E-state index contributed by atoms with van der Waals surface area (Å²) in [5, 5.41) is 4.35. The number of rotatable bonds is 3. The number of anilines is 1. The first kappa shape index (κ1) is 20.9. The molecule has 0 aliphatic carbocycles. The van der Waals surface area contributed by atoms with Crippen molar-refractivity contribution in [2.45, 2.75) is 6.18 Å². The van der Waals surface area contributed by atoms with Gasteiger partial charge in [0, 0.05) is 44.5 Å². The molecule has 9 heteroatoms. The zero-order valence-corrected chi connectivity index (χ0v) is 16.7. The maximum Gasteiger partial charge on any atom is 0.416 e. The number of nitrogens with zero attached hydrogens (tertiary/aromatic N) is 4. The van der Waals surface area contributed by atoms with Gasteiger partial charge in [-0.05, 0) is 48.5 Å². The van der Waals surface area contributed by atoms with Crippen LogP contribution in [0.25, 0.3) is 11.3 Å². The van der Waals surface area contributed by atoms with Crippen LogP contribution in [0, 0.1) is 5.82 Å². The van der Waals surface area contributed by atoms with E-state index >= 15 is 0 Å². The number of hydrogen-bond acceptors (Lipinski definition) is 3. The Morgan fingerprint density at radius 3 is 2.29 bits per heavy atom. The molecule has 0 atom stereocenters. The highest BCUT2D eigenvalue weighted by Crippen LogP contribution is 2.32. The highest BCUT2D eigenvalue weighted by atomic mass is 19.4. The molecule has 5 nitrogen and oxygen atoms in total. The first-order valence-corrected chi connectivity index (χ1v) is 9.74. The minimum atomic E-state index is -4.39. The Hall–Kier alpha value is -3.36. The fraction of sp³-hybridized carbons (Fsp3) is 0.273. The molecule has 1 aliphatic rings. The van der Waals surface area contributed by atoms with Crippen molar-refractivity contribution < 1.29 is 22.4 Å². The van der Waals surface area contributed by atoms with Crippen molar-refractivity contribution in [3.63, 3.8) is 0 Å². The van der Waals surface area contributed by atoms with E-state index in [1.165, 1.54) is 22.9 Å². The summed E-state index contributed by atoms with van der Waals surface area (Å²) in [5.74, 6) is -0.554. The highest BCUT2D eigenvalue weighted by Gasteiger charge is 2.31. The van der Waals surface area contributed by atoms with E-state index in [-0.39, 0.29) is 11.7 Å². The molecule has 0 radical (unpaired) electrons. The molecule has 0 unspecified atom stereocenters. The van der Waals surface area contributed by atoms with Gasteiger partial charge in [0.15, 0.2) is 0 Å². The van der Waals surface area contributed by atoms with Crippen LogP contribution in [0.15, 0.2) is 54.6 Å². The number of hydrogen-bond donors (Lipinski definition) is 0. The Morgan fingerprint density at radius 1 is 0.968 bits per heavy atom. The van der Waals surface area contributed by atoms with Crippen molar-refractivity contribution in [2.75, 3.05) is 31.1 Å². The van der Waals surface area contributed by atoms with Gasteiger partial charge in [-0.3, -0.25) is 9.48 Å². The lowest BCUT2D eigenvalue weighted by atomic mass is 10.1. The molecule has 1 saturated heterocycles. The van der Waals surface area contributed by atoms with E-state index in [1.54, 1.807) is 36.2 Å². The standard InChI is InChI=1S/C22H20F4N4O/c1-28-20(14-19(27-28)15-5-7-17(23)8-6-15)21(31)30-11-9-29(10-12-30)18-4-2-3-16(13-18)22(24,25)26/h2-8,13-14H,9-12H2,1H3. The van der Waals surface area contributed by atoms with Gasteiger partial charge in [0.25, 0.3) is 5.91 Å². The van der Waals surface area contributed by atoms with Gasteiger partial charge in [0.1, 0.15) is 11.5 Å². The van der Waals surface area contributed by atoms with Crippen LogP contribution in [0.5, 0.6) is 0 Å². The van der Waals surface area contributed by atoms with E-state index in [4.69, 9.17) is 0 Å². The van der Waals surface area contributed by atoms with E-state index in [0.717, 1.165) is 12.1 Å². The van der Waals surface area contributed by atoms with Crippen molar-refractivity contribution in [1.82, 2.24) is 14.7 Å². The van der Waals surface area contributed by atoms with Gasteiger partial charge in [-0.25, -0.2) is 4.39 Å². The van der Waals surface area contributed by atoms with E-state index in [0.29, 0.717) is 48.8 Å². The quantitative estimate of drug-likeness (QED) is 0.583. The summed E-state index contributed by atoms with van der Waals surface area (Å²) in [5.41, 5.74) is 1.46. The summed E-state index contributed by atoms with van der Waals surface area (Å²) in [6.07, 6.45) is -4.39. The van der Waals surface area contributed by atoms with Crippen LogP contribution >= 0.6 is 0 Å². The second-order valence-electron chi connectivity index (χ2n) is 7.37. The van der Waals surface area contributed by atoms with E-state index in [2.05, 4.69) is 5.10 Å². The summed E-state index contributed by atoms with van der Waals surface area (Å²) in [4.78, 5) is 16.5. The Balaban J connectivity index is 1.45. The van der Waals surface area contributed by atoms with Crippen molar-refractivity contribution in [3.05, 3.63) is 71.7 Å². The van der Waals surface area contributed by atoms with Crippen LogP contribution in [-0.4, -0.2) is 46.8 Å². The van der Waals surface area contributed by atoms with Crippen LogP contribution in [0.3, 0.4) is 0 Å². The zero-order chi connectivity index (χ0) is 22.2. The van der Waals surface area contributed by atoms with Crippen molar-refractivity contribution in [2.24, 2.45) is 7.05 Å². The van der Waals surface area contributed by atoms with Crippen LogP contribution in [0.2, 0.25) is 0 Å². The second kappa shape index (κ2) is 8.05. The average Bonchev–Trinajstić information content (AvgIpc) is 3.15. The molecule has 0 bridgehead atoms. The maximum absolute atomic E-state index is 13.1. The minimum Gasteiger partial charge on any atom is -0.368 e. The summed E-state index contributed by atoms with van der Waals surface area (Å²) >= 11 is 0. The van der Waals surface area contributed by atoms with Gasteiger partial charge in [-0.2, -0.15) is 18.3 Å². The molecule has 0 saturated carbocycles. The smallest absolute Gasteiger partial charge is 0.368 e. The van der Waals surface area contributed by atoms with Crippen molar-refractivity contribution in [3.8, 4) is 11.3 Å². The molecule has 1 aromatic heterocycles. The molecule has 0 spiro atoms. The number of halogens is 4. The number of carbonyl (C=O) groups excluding carboxylic acids is 1. The number of amides is 1. The van der Waals surface area contributed by atoms with Gasteiger partial charge in [-0.15, -0.1) is 0 Å². The number of piperazine rings is 1. The van der Waals surface area contributed by atoms with Gasteiger partial charge in [0.2, 0.25) is 0 Å². The Morgan fingerprint density at radius 2 is 1.65 bits per heavy atom. The minimum absolute atomic E-state index is 0.202. The van der Waals surface area contributed by atoms with Gasteiger partial charge in [-0.1, -0.05) is 6.07 Å². The lowest BCUT2D eigenvalue weighted by Crippen LogP contribution is -2.49. The largest absolute Gasteiger partial charge is 0.416 e. The number of carbonyl (C=O) groups is 1. The van der Waals surface area contributed by atoms with E-state index < -0.39 is 11.7 Å². The fourth-order valence-corrected chi connectivity index (χ4v) is 3.64. The molecular weight excluding hydrogens is 412 g/mol. The maximum atomic E-state index is 13.1. The predicted molar refractivity (Wildman–Crippen MR) is 108 cm³/mol. The zero-order valence-electron chi connectivity index (χ0n) is 16.7. The fourth-order valence-electron chi connectivity index (χ4n) is 3.64. The summed E-state index contributed by atoms with van der Waals surface area (Å²) < 4.78 is 53.6. The first-order chi connectivity index (χ1) is 14.7. The Labute approximate surface area is 176 Å². The van der Waals surface area contributed by atoms with Crippen LogP contribution in [0.1, 0.15) is 16.1 Å². The number of alkyl halides is 3. The SMILES string of the molecule is Cn1nc(-c2ccc(F)cc2)cc1C(=O)N1CCN(c2cccc(C(F)(F)F)c2)CC1. The molecule has 4 rings (SSSR count). The molecule has 1 aliphatic heterocycles. The first-order valence-electron chi connectivity index (χ1n) is 9.74. The normalized spacial score (nSPS) is 14.7. The Bertz CT molecular complexity index is 1080. The van der Waals surface area contributed by atoms with E-state index in [9.17, 15) is 22.4 Å². The monoisotopic (exact) mass is 432 g/mol. The lowest BCUT2D eigenvalue weighted by Gasteiger charge is -2.36. The second-order valence-corrected chi connectivity index (χ2v) is 7.37. The summed E-state index contributed by atoms with van der Waals surface area (Å²) in [6, 6.07) is 12.7. The third-order valence-electron chi connectivity index (χ3n) is 5.34. The van der Waals surface area contributed by atoms with Crippen molar-refractivity contribution >= 4 is 11.6 Å². The Kier molecular flexibility index (Phi) is 5.43. The molecule has 162 valence electrons. The van der Waals surface area contributed by atoms with Gasteiger partial charge in [0.05, 0.1) is 11.3 Å². The number of benzene rings is 2. The highest BCUT2D eigenvalue weighted by molar-refractivity contribution is 5.94. The van der Waals surface area contributed by atoms with Crippen LogP contribution in [0.4, 0.5) is 23.2 Å². The summed E-state index contributed by atoms with van der Waals surface area (Å²) in [6.45, 7) is 1.61. The lowest BCUT2D eigenvalue weighted by molar-refractivity contribution is -0.137. The molecule has 2 aromatic carbocycles. The molecule has 3 aromatic rings. The topological polar surface area (TPSA) is 41.4 Å².